The fraction of sp³-hybridized carbons (Fsp3) is 1.00. The lowest BCUT2D eigenvalue weighted by Gasteiger charge is -2.40. The average molecular weight is 243 g/mol. The van der Waals surface area contributed by atoms with E-state index in [1.165, 1.54) is 26.1 Å². The summed E-state index contributed by atoms with van der Waals surface area (Å²) in [4.78, 5) is 4.99. The minimum atomic E-state index is -0.151. The standard InChI is InChI=1S/C13H29N3O/c1-4-6-15-7-9-16(10-8-15)11-13(3,12-17)14-5-2/h14,17H,4-12H2,1-3H3. The van der Waals surface area contributed by atoms with E-state index in [4.69, 9.17) is 0 Å². The van der Waals surface area contributed by atoms with Crippen molar-refractivity contribution in [3.8, 4) is 0 Å². The molecule has 1 rings (SSSR count). The third-order valence-corrected chi connectivity index (χ3v) is 3.53. The highest BCUT2D eigenvalue weighted by Crippen LogP contribution is 2.09. The van der Waals surface area contributed by atoms with Crippen LogP contribution in [-0.2, 0) is 0 Å². The molecule has 1 atom stereocenters. The molecule has 17 heavy (non-hydrogen) atoms. The number of aliphatic hydroxyl groups is 1. The van der Waals surface area contributed by atoms with Gasteiger partial charge in [0.15, 0.2) is 0 Å². The third-order valence-electron chi connectivity index (χ3n) is 3.53. The van der Waals surface area contributed by atoms with Crippen molar-refractivity contribution >= 4 is 0 Å². The van der Waals surface area contributed by atoms with Crippen LogP contribution in [0.5, 0.6) is 0 Å². The normalized spacial score (nSPS) is 22.6. The van der Waals surface area contributed by atoms with E-state index >= 15 is 0 Å². The Morgan fingerprint density at radius 2 is 1.71 bits per heavy atom. The SMILES string of the molecule is CCCN1CCN(CC(C)(CO)NCC)CC1. The summed E-state index contributed by atoms with van der Waals surface area (Å²) in [6.45, 7) is 14.3. The molecule has 0 aliphatic carbocycles. The summed E-state index contributed by atoms with van der Waals surface area (Å²) >= 11 is 0. The van der Waals surface area contributed by atoms with Crippen LogP contribution in [0.2, 0.25) is 0 Å². The first-order chi connectivity index (χ1) is 8.13. The highest BCUT2D eigenvalue weighted by molar-refractivity contribution is 4.87. The second-order valence-corrected chi connectivity index (χ2v) is 5.37. The largest absolute Gasteiger partial charge is 0.394 e. The van der Waals surface area contributed by atoms with Crippen molar-refractivity contribution in [2.45, 2.75) is 32.7 Å². The Morgan fingerprint density at radius 1 is 1.12 bits per heavy atom. The van der Waals surface area contributed by atoms with Gasteiger partial charge in [0.05, 0.1) is 12.1 Å². The highest BCUT2D eigenvalue weighted by atomic mass is 16.3. The number of nitrogens with one attached hydrogen (secondary N) is 1. The third kappa shape index (κ3) is 4.92. The van der Waals surface area contributed by atoms with Crippen LogP contribution in [-0.4, -0.2) is 72.9 Å². The van der Waals surface area contributed by atoms with Gasteiger partial charge in [-0.15, -0.1) is 0 Å². The quantitative estimate of drug-likeness (QED) is 0.678. The number of hydrogen-bond donors (Lipinski definition) is 2. The van der Waals surface area contributed by atoms with Crippen molar-refractivity contribution in [3.05, 3.63) is 0 Å². The second-order valence-electron chi connectivity index (χ2n) is 5.37. The summed E-state index contributed by atoms with van der Waals surface area (Å²) < 4.78 is 0. The van der Waals surface area contributed by atoms with Gasteiger partial charge in [0.25, 0.3) is 0 Å². The maximum Gasteiger partial charge on any atom is 0.0623 e. The fourth-order valence-corrected chi connectivity index (χ4v) is 2.57. The van der Waals surface area contributed by atoms with Gasteiger partial charge in [-0.05, 0) is 26.4 Å². The van der Waals surface area contributed by atoms with Gasteiger partial charge < -0.3 is 15.3 Å². The van der Waals surface area contributed by atoms with Gasteiger partial charge in [0.1, 0.15) is 0 Å². The van der Waals surface area contributed by atoms with Crippen LogP contribution in [0.25, 0.3) is 0 Å². The van der Waals surface area contributed by atoms with E-state index in [1.54, 1.807) is 0 Å². The first kappa shape index (κ1) is 14.9. The van der Waals surface area contributed by atoms with Gasteiger partial charge in [0, 0.05) is 32.7 Å². The van der Waals surface area contributed by atoms with Crippen molar-refractivity contribution in [1.29, 1.82) is 0 Å². The molecule has 1 unspecified atom stereocenters. The van der Waals surface area contributed by atoms with E-state index < -0.39 is 0 Å². The van der Waals surface area contributed by atoms with Crippen LogP contribution >= 0.6 is 0 Å². The molecule has 0 aromatic heterocycles. The molecular weight excluding hydrogens is 214 g/mol. The predicted octanol–water partition coefficient (Wildman–Crippen LogP) is 0.375. The number of piperazine rings is 1. The van der Waals surface area contributed by atoms with Crippen molar-refractivity contribution in [3.63, 3.8) is 0 Å². The maximum atomic E-state index is 9.48. The topological polar surface area (TPSA) is 38.7 Å². The first-order valence-electron chi connectivity index (χ1n) is 6.94. The van der Waals surface area contributed by atoms with Crippen LogP contribution < -0.4 is 5.32 Å². The summed E-state index contributed by atoms with van der Waals surface area (Å²) in [6, 6.07) is 0. The lowest BCUT2D eigenvalue weighted by Crippen LogP contribution is -2.57. The van der Waals surface area contributed by atoms with Gasteiger partial charge in [0.2, 0.25) is 0 Å². The lowest BCUT2D eigenvalue weighted by atomic mass is 10.0. The Morgan fingerprint density at radius 3 is 2.18 bits per heavy atom. The molecule has 4 nitrogen and oxygen atoms in total. The van der Waals surface area contributed by atoms with Crippen molar-refractivity contribution < 1.29 is 5.11 Å². The summed E-state index contributed by atoms with van der Waals surface area (Å²) in [6.07, 6.45) is 1.24. The zero-order chi connectivity index (χ0) is 12.7. The number of aliphatic hydroxyl groups excluding tert-OH is 1. The minimum absolute atomic E-state index is 0.151. The molecule has 4 heteroatoms. The van der Waals surface area contributed by atoms with E-state index in [2.05, 4.69) is 35.9 Å². The van der Waals surface area contributed by atoms with Crippen LogP contribution in [0.15, 0.2) is 0 Å². The van der Waals surface area contributed by atoms with Gasteiger partial charge >= 0.3 is 0 Å². The van der Waals surface area contributed by atoms with Gasteiger partial charge in [-0.25, -0.2) is 0 Å². The van der Waals surface area contributed by atoms with Crippen molar-refractivity contribution in [1.82, 2.24) is 15.1 Å². The summed E-state index contributed by atoms with van der Waals surface area (Å²) in [5, 5.41) is 12.9. The number of hydrogen-bond acceptors (Lipinski definition) is 4. The Labute approximate surface area is 106 Å². The average Bonchev–Trinajstić information content (AvgIpc) is 2.32. The molecule has 1 aliphatic rings. The molecular formula is C13H29N3O. The summed E-state index contributed by atoms with van der Waals surface area (Å²) in [5.74, 6) is 0. The number of nitrogens with zero attached hydrogens (tertiary/aromatic N) is 2. The zero-order valence-corrected chi connectivity index (χ0v) is 11.7. The Kier molecular flexibility index (Phi) is 6.41. The van der Waals surface area contributed by atoms with E-state index in [-0.39, 0.29) is 12.1 Å². The molecule has 102 valence electrons. The first-order valence-corrected chi connectivity index (χ1v) is 6.94. The van der Waals surface area contributed by atoms with Gasteiger partial charge in [-0.2, -0.15) is 0 Å². The molecule has 0 bridgehead atoms. The molecule has 0 saturated carbocycles. The van der Waals surface area contributed by atoms with E-state index in [0.29, 0.717) is 0 Å². The van der Waals surface area contributed by atoms with E-state index in [0.717, 1.165) is 26.2 Å². The number of rotatable bonds is 7. The molecule has 0 aromatic carbocycles. The molecule has 0 spiro atoms. The molecule has 1 heterocycles. The van der Waals surface area contributed by atoms with E-state index in [9.17, 15) is 5.11 Å². The molecule has 1 fully saturated rings. The molecule has 1 aliphatic heterocycles. The highest BCUT2D eigenvalue weighted by Gasteiger charge is 2.27. The second kappa shape index (κ2) is 7.31. The maximum absolute atomic E-state index is 9.48. The predicted molar refractivity (Wildman–Crippen MR) is 72.3 cm³/mol. The lowest BCUT2D eigenvalue weighted by molar-refractivity contribution is 0.0794. The summed E-state index contributed by atoms with van der Waals surface area (Å²) in [7, 11) is 0. The van der Waals surface area contributed by atoms with Crippen molar-refractivity contribution in [2.24, 2.45) is 0 Å². The number of likely N-dealkylation sites (N-methyl/N-ethyl adjacent to an activating group) is 1. The fourth-order valence-electron chi connectivity index (χ4n) is 2.57. The Balaban J connectivity index is 2.33. The molecule has 0 radical (unpaired) electrons. The van der Waals surface area contributed by atoms with Crippen LogP contribution in [0.3, 0.4) is 0 Å². The van der Waals surface area contributed by atoms with Crippen molar-refractivity contribution in [2.75, 3.05) is 52.4 Å². The smallest absolute Gasteiger partial charge is 0.0623 e. The van der Waals surface area contributed by atoms with Crippen LogP contribution in [0.1, 0.15) is 27.2 Å². The minimum Gasteiger partial charge on any atom is -0.394 e. The van der Waals surface area contributed by atoms with E-state index in [1.807, 2.05) is 0 Å². The Bertz CT molecular complexity index is 205. The van der Waals surface area contributed by atoms with Gasteiger partial charge in [-0.3, -0.25) is 4.90 Å². The molecule has 0 aromatic rings. The zero-order valence-electron chi connectivity index (χ0n) is 11.7. The summed E-state index contributed by atoms with van der Waals surface area (Å²) in [5.41, 5.74) is -0.151. The molecule has 0 amide bonds. The molecule has 2 N–H and O–H groups in total. The molecule has 1 saturated heterocycles. The Hall–Kier alpha value is -0.160. The van der Waals surface area contributed by atoms with Gasteiger partial charge in [-0.1, -0.05) is 13.8 Å². The van der Waals surface area contributed by atoms with Crippen LogP contribution in [0.4, 0.5) is 0 Å². The monoisotopic (exact) mass is 243 g/mol. The van der Waals surface area contributed by atoms with Crippen LogP contribution in [0, 0.1) is 0 Å².